The normalized spacial score (nSPS) is 11.7. The molecule has 4 N–H and O–H groups in total. The van der Waals surface area contributed by atoms with Crippen LogP contribution >= 0.6 is 15.9 Å². The Morgan fingerprint density at radius 3 is 2.48 bits per heavy atom. The van der Waals surface area contributed by atoms with Gasteiger partial charge in [0.1, 0.15) is 6.04 Å². The van der Waals surface area contributed by atoms with Crippen molar-refractivity contribution in [2.75, 3.05) is 17.2 Å². The Bertz CT molecular complexity index is 1370. The molecule has 210 valence electrons. The average Bonchev–Trinajstić information content (AvgIpc) is 2.90. The van der Waals surface area contributed by atoms with Crippen LogP contribution in [0.15, 0.2) is 59.2 Å². The van der Waals surface area contributed by atoms with E-state index in [4.69, 9.17) is 16.0 Å². The molecular formula is C28H30BrN5O6. The summed E-state index contributed by atoms with van der Waals surface area (Å²) in [5.74, 6) is 2.16. The van der Waals surface area contributed by atoms with Gasteiger partial charge in [-0.1, -0.05) is 36.3 Å². The molecule has 1 atom stereocenters. The molecule has 0 bridgehead atoms. The third kappa shape index (κ3) is 8.94. The molecule has 0 fully saturated rings. The van der Waals surface area contributed by atoms with Crippen molar-refractivity contribution in [3.8, 4) is 18.2 Å². The molecule has 3 rings (SSSR count). The zero-order chi connectivity index (χ0) is 29.3. The number of ether oxygens (including phenoxy) is 1. The molecule has 0 saturated carbocycles. The molecule has 11 nitrogen and oxygen atoms in total. The van der Waals surface area contributed by atoms with Gasteiger partial charge in [0, 0.05) is 17.8 Å². The van der Waals surface area contributed by atoms with Crippen LogP contribution in [0.4, 0.5) is 22.1 Å². The number of nitrogens with one attached hydrogen (secondary N) is 2. The lowest BCUT2D eigenvalue weighted by Crippen LogP contribution is -2.51. The van der Waals surface area contributed by atoms with Crippen molar-refractivity contribution in [2.24, 2.45) is 0 Å². The van der Waals surface area contributed by atoms with Crippen molar-refractivity contribution in [1.29, 1.82) is 0 Å². The third-order valence-electron chi connectivity index (χ3n) is 5.12. The minimum atomic E-state index is -1.41. The Morgan fingerprint density at radius 2 is 1.85 bits per heavy atom. The molecule has 3 aromatic rings. The number of rotatable bonds is 11. The summed E-state index contributed by atoms with van der Waals surface area (Å²) >= 11 is 3.30. The molecule has 2 amide bonds. The lowest BCUT2D eigenvalue weighted by atomic mass is 10.0. The zero-order valence-electron chi connectivity index (χ0n) is 22.2. The second-order valence-electron chi connectivity index (χ2n) is 9.55. The number of carbonyl (C=O) groups excluding carboxylic acids is 1. The van der Waals surface area contributed by atoms with Crippen LogP contribution in [0.1, 0.15) is 31.9 Å². The van der Waals surface area contributed by atoms with E-state index in [0.29, 0.717) is 26.5 Å². The fraction of sp³-hybridized carbons (Fsp3) is 0.286. The summed E-state index contributed by atoms with van der Waals surface area (Å²) in [7, 11) is 0. The van der Waals surface area contributed by atoms with E-state index in [1.807, 2.05) is 6.07 Å². The van der Waals surface area contributed by atoms with Crippen molar-refractivity contribution >= 4 is 45.3 Å². The van der Waals surface area contributed by atoms with Gasteiger partial charge in [-0.15, -0.1) is 6.42 Å². The lowest BCUT2D eigenvalue weighted by Gasteiger charge is -2.33. The number of hydroxylamine groups is 2. The zero-order valence-corrected chi connectivity index (χ0v) is 23.8. The average molecular weight is 612 g/mol. The van der Waals surface area contributed by atoms with Gasteiger partial charge >= 0.3 is 6.09 Å². The van der Waals surface area contributed by atoms with E-state index in [1.54, 1.807) is 63.2 Å². The Morgan fingerprint density at radius 1 is 1.15 bits per heavy atom. The summed E-state index contributed by atoms with van der Waals surface area (Å²) in [6.45, 7) is 4.77. The number of aliphatic hydroxyl groups is 1. The van der Waals surface area contributed by atoms with Gasteiger partial charge in [0.2, 0.25) is 17.7 Å². The van der Waals surface area contributed by atoms with Crippen LogP contribution in [0.2, 0.25) is 0 Å². The minimum absolute atomic E-state index is 0.0155. The number of amides is 2. The van der Waals surface area contributed by atoms with Crippen LogP contribution in [0.5, 0.6) is 5.88 Å². The first-order valence-electron chi connectivity index (χ1n) is 12.2. The first kappa shape index (κ1) is 30.4. The van der Waals surface area contributed by atoms with Gasteiger partial charge < -0.3 is 25.6 Å². The quantitative estimate of drug-likeness (QED) is 0.178. The topological polar surface area (TPSA) is 146 Å². The van der Waals surface area contributed by atoms with Crippen LogP contribution < -0.4 is 15.4 Å². The van der Waals surface area contributed by atoms with E-state index in [2.05, 4.69) is 42.5 Å². The van der Waals surface area contributed by atoms with Crippen molar-refractivity contribution in [1.82, 2.24) is 15.0 Å². The Balaban J connectivity index is 1.90. The number of aliphatic hydroxyl groups excluding tert-OH is 1. The monoisotopic (exact) mass is 611 g/mol. The highest BCUT2D eigenvalue weighted by Gasteiger charge is 2.34. The molecule has 0 saturated heterocycles. The third-order valence-corrected chi connectivity index (χ3v) is 5.67. The van der Waals surface area contributed by atoms with Crippen LogP contribution in [-0.4, -0.2) is 55.5 Å². The number of hydrogen-bond acceptors (Lipinski definition) is 8. The van der Waals surface area contributed by atoms with Crippen LogP contribution in [-0.2, 0) is 22.7 Å². The summed E-state index contributed by atoms with van der Waals surface area (Å²) < 4.78 is 5.91. The van der Waals surface area contributed by atoms with E-state index < -0.39 is 23.6 Å². The fourth-order valence-electron chi connectivity index (χ4n) is 3.56. The molecule has 1 aromatic heterocycles. The van der Waals surface area contributed by atoms with E-state index in [9.17, 15) is 19.8 Å². The molecule has 0 spiro atoms. The number of carboxylic acid groups (broad SMARTS) is 1. The highest BCUT2D eigenvalue weighted by atomic mass is 79.9. The van der Waals surface area contributed by atoms with Crippen molar-refractivity contribution in [2.45, 2.75) is 45.4 Å². The molecule has 0 aliphatic heterocycles. The van der Waals surface area contributed by atoms with Gasteiger partial charge in [0.15, 0.2) is 6.61 Å². The van der Waals surface area contributed by atoms with E-state index in [1.165, 1.54) is 6.20 Å². The Hall–Kier alpha value is -4.18. The standard InChI is InChI=1S/C28H30BrN5O6/c1-5-11-39-25-22(29)16-30-26(33-25)32-21-13-19(17-35)12-20(15-21)31-24(36)23(14-18-9-7-6-8-10-18)34(27(37)38)40-28(2,3)4/h1,6-10,12-13,15-16,23,35H,11,14,17H2,2-4H3,(H,31,36)(H,37,38)(H,30,32,33)/t23-/m1/s1. The van der Waals surface area contributed by atoms with Crippen LogP contribution in [0.3, 0.4) is 0 Å². The highest BCUT2D eigenvalue weighted by Crippen LogP contribution is 2.27. The largest absolute Gasteiger partial charge is 0.464 e. The molecular weight excluding hydrogens is 582 g/mol. The van der Waals surface area contributed by atoms with E-state index in [0.717, 1.165) is 5.56 Å². The summed E-state index contributed by atoms with van der Waals surface area (Å²) in [6, 6.07) is 12.6. The summed E-state index contributed by atoms with van der Waals surface area (Å²) in [5, 5.41) is 26.2. The maximum atomic E-state index is 13.6. The number of terminal acetylenes is 1. The number of benzene rings is 2. The predicted octanol–water partition coefficient (Wildman–Crippen LogP) is 4.75. The number of nitrogens with zero attached hydrogens (tertiary/aromatic N) is 3. The summed E-state index contributed by atoms with van der Waals surface area (Å²) in [6.07, 6.45) is 5.40. The highest BCUT2D eigenvalue weighted by molar-refractivity contribution is 9.10. The summed E-state index contributed by atoms with van der Waals surface area (Å²) in [4.78, 5) is 39.9. The SMILES string of the molecule is C#CCOc1nc(Nc2cc(CO)cc(NC(=O)[C@@H](Cc3ccccc3)N(OC(C)(C)C)C(=O)O)c2)ncc1Br. The van der Waals surface area contributed by atoms with Crippen molar-refractivity contribution < 1.29 is 29.4 Å². The number of anilines is 3. The fourth-order valence-corrected chi connectivity index (χ4v) is 3.86. The molecule has 0 unspecified atom stereocenters. The molecule has 0 radical (unpaired) electrons. The van der Waals surface area contributed by atoms with Gasteiger partial charge in [0.05, 0.1) is 22.9 Å². The second kappa shape index (κ2) is 13.7. The molecule has 1 heterocycles. The maximum absolute atomic E-state index is 13.6. The first-order chi connectivity index (χ1) is 19.0. The Kier molecular flexibility index (Phi) is 10.4. The first-order valence-corrected chi connectivity index (χ1v) is 12.9. The van der Waals surface area contributed by atoms with Crippen LogP contribution in [0, 0.1) is 12.3 Å². The predicted molar refractivity (Wildman–Crippen MR) is 153 cm³/mol. The van der Waals surface area contributed by atoms with Crippen LogP contribution in [0.25, 0.3) is 0 Å². The Labute approximate surface area is 240 Å². The number of halogens is 1. The van der Waals surface area contributed by atoms with Gasteiger partial charge in [-0.25, -0.2) is 9.78 Å². The number of hydrogen-bond donors (Lipinski definition) is 4. The van der Waals surface area contributed by atoms with E-state index >= 15 is 0 Å². The second-order valence-corrected chi connectivity index (χ2v) is 10.4. The van der Waals surface area contributed by atoms with Gasteiger partial charge in [-0.2, -0.15) is 10.0 Å². The molecule has 12 heteroatoms. The minimum Gasteiger partial charge on any atom is -0.464 e. The number of aromatic nitrogens is 2. The lowest BCUT2D eigenvalue weighted by molar-refractivity contribution is -0.220. The van der Waals surface area contributed by atoms with Gasteiger partial charge in [0.25, 0.3) is 0 Å². The summed E-state index contributed by atoms with van der Waals surface area (Å²) in [5.41, 5.74) is 1.09. The smallest absolute Gasteiger partial charge is 0.432 e. The molecule has 2 aromatic carbocycles. The molecule has 0 aliphatic carbocycles. The molecule has 40 heavy (non-hydrogen) atoms. The van der Waals surface area contributed by atoms with Crippen molar-refractivity contribution in [3.63, 3.8) is 0 Å². The van der Waals surface area contributed by atoms with Gasteiger partial charge in [-0.05, 0) is 66.0 Å². The van der Waals surface area contributed by atoms with E-state index in [-0.39, 0.29) is 31.5 Å². The van der Waals surface area contributed by atoms with Gasteiger partial charge in [-0.3, -0.25) is 9.63 Å². The molecule has 0 aliphatic rings. The van der Waals surface area contributed by atoms with Crippen molar-refractivity contribution in [3.05, 3.63) is 70.3 Å². The maximum Gasteiger partial charge on any atom is 0.432 e. The number of carbonyl (C=O) groups is 2.